The zero-order chi connectivity index (χ0) is 92.9. The minimum atomic E-state index is -0.566. The van der Waals surface area contributed by atoms with Crippen LogP contribution in [0, 0.1) is 11.6 Å². The Balaban J connectivity index is 0.000000106. The van der Waals surface area contributed by atoms with Gasteiger partial charge in [-0.15, -0.1) is 0 Å². The molecule has 137 heavy (non-hydrogen) atoms. The molecule has 0 amide bonds. The molecule has 0 radical (unpaired) electrons. The number of hydrogen-bond acceptors (Lipinski definition) is 28. The summed E-state index contributed by atoms with van der Waals surface area (Å²) in [5.41, 5.74) is 40.4. The van der Waals surface area contributed by atoms with Gasteiger partial charge in [0.25, 0.3) is 0 Å². The second-order valence-electron chi connectivity index (χ2n) is 34.7. The lowest BCUT2D eigenvalue weighted by Gasteiger charge is -2.29. The van der Waals surface area contributed by atoms with E-state index >= 15 is 0 Å². The second kappa shape index (κ2) is 36.4. The van der Waals surface area contributed by atoms with E-state index in [1.54, 1.807) is 21.5 Å². The van der Waals surface area contributed by atoms with E-state index < -0.39 is 11.6 Å². The molecular weight excluding hydrogens is 1730 g/mol. The van der Waals surface area contributed by atoms with Crippen LogP contribution in [0.2, 0.25) is 0 Å². The summed E-state index contributed by atoms with van der Waals surface area (Å²) >= 11 is 0. The molecule has 25 rings (SSSR count). The molecule has 35 heteroatoms. The summed E-state index contributed by atoms with van der Waals surface area (Å²) in [6.45, 7) is 9.63. The molecule has 7 aromatic carbocycles. The number of para-hydroxylation sites is 5. The number of rotatable bonds is 16. The third-order valence-corrected chi connectivity index (χ3v) is 25.7. The minimum absolute atomic E-state index is 0.0960. The van der Waals surface area contributed by atoms with Crippen molar-refractivity contribution in [1.29, 1.82) is 0 Å². The van der Waals surface area contributed by atoms with Gasteiger partial charge in [0.05, 0.1) is 69.8 Å². The van der Waals surface area contributed by atoms with Crippen molar-refractivity contribution in [3.05, 3.63) is 266 Å². The van der Waals surface area contributed by atoms with Gasteiger partial charge >= 0.3 is 0 Å². The smallest absolute Gasteiger partial charge is 0.164 e. The molecule has 0 atom stereocenters. The topological polar surface area (TPSA) is 432 Å². The Kier molecular flexibility index (Phi) is 22.6. The van der Waals surface area contributed by atoms with Gasteiger partial charge in [0.1, 0.15) is 129 Å². The molecule has 0 spiro atoms. The lowest BCUT2D eigenvalue weighted by atomic mass is 10.1. The Labute approximate surface area is 780 Å². The fraction of sp³-hybridized carbons (Fsp3) is 0.206. The van der Waals surface area contributed by atoms with Gasteiger partial charge in [-0.25, -0.2) is 92.3 Å². The van der Waals surface area contributed by atoms with E-state index in [1.165, 1.54) is 87.7 Å². The molecule has 14 aromatic heterocycles. The maximum absolute atomic E-state index is 14.1. The van der Waals surface area contributed by atoms with Crippen molar-refractivity contribution in [2.75, 3.05) is 94.9 Å². The van der Waals surface area contributed by atoms with E-state index in [2.05, 4.69) is 118 Å². The summed E-state index contributed by atoms with van der Waals surface area (Å²) in [7, 11) is 0. The van der Waals surface area contributed by atoms with Crippen LogP contribution in [0.1, 0.15) is 80.0 Å². The molecule has 4 aliphatic rings. The van der Waals surface area contributed by atoms with Gasteiger partial charge in [-0.1, -0.05) is 84.9 Å². The number of nitrogens with one attached hydrogen (secondary N) is 1. The second-order valence-corrected chi connectivity index (χ2v) is 34.7. The molecule has 4 saturated heterocycles. The predicted molar refractivity (Wildman–Crippen MR) is 529 cm³/mol. The Morgan fingerprint density at radius 3 is 1.06 bits per heavy atom. The quantitative estimate of drug-likeness (QED) is 0.0445. The largest absolute Gasteiger partial charge is 0.508 e. The summed E-state index contributed by atoms with van der Waals surface area (Å²) in [5.74, 6) is 3.87. The number of aromatic nitrogens is 22. The number of halogens is 2. The first-order valence-electron chi connectivity index (χ1n) is 45.7. The number of fused-ring (bicyclic) bond motifs is 9. The third kappa shape index (κ3) is 16.8. The van der Waals surface area contributed by atoms with E-state index in [0.717, 1.165) is 201 Å². The Bertz CT molecular complexity index is 8180. The molecule has 4 aliphatic heterocycles. The lowest BCUT2D eigenvalue weighted by molar-refractivity contribution is 0.469. The number of phenols is 3. The van der Waals surface area contributed by atoms with Gasteiger partial charge in [-0.3, -0.25) is 0 Å². The molecule has 33 nitrogen and oxygen atoms in total. The van der Waals surface area contributed by atoms with E-state index in [1.807, 2.05) is 119 Å². The number of benzene rings is 7. The number of H-pyrrole nitrogens is 1. The number of nitrogens with zero attached hydrogens (tertiary/aromatic N) is 25. The van der Waals surface area contributed by atoms with Crippen molar-refractivity contribution < 1.29 is 24.1 Å². The fourth-order valence-electron chi connectivity index (χ4n) is 19.2. The molecule has 0 saturated carbocycles. The van der Waals surface area contributed by atoms with Crippen molar-refractivity contribution in [2.24, 2.45) is 0 Å². The van der Waals surface area contributed by atoms with E-state index in [-0.39, 0.29) is 34.4 Å². The zero-order valence-corrected chi connectivity index (χ0v) is 74.4. The third-order valence-electron chi connectivity index (χ3n) is 25.7. The molecule has 21 aromatic rings. The number of hydrogen-bond donors (Lipinski definition) is 8. The van der Waals surface area contributed by atoms with Gasteiger partial charge in [-0.05, 0) is 161 Å². The molecule has 12 N–H and O–H groups in total. The van der Waals surface area contributed by atoms with Crippen LogP contribution in [0.25, 0.3) is 144 Å². The normalized spacial score (nSPS) is 14.0. The number of anilines is 8. The summed E-state index contributed by atoms with van der Waals surface area (Å²) < 4.78 is 35.4. The van der Waals surface area contributed by atoms with Crippen LogP contribution in [-0.2, 0) is 26.2 Å². The highest BCUT2D eigenvalue weighted by Gasteiger charge is 2.30. The average molecular weight is 1820 g/mol. The zero-order valence-electron chi connectivity index (χ0n) is 74.4. The molecule has 0 unspecified atom stereocenters. The first-order chi connectivity index (χ1) is 67.1. The predicted octanol–water partition coefficient (Wildman–Crippen LogP) is 16.8. The van der Waals surface area contributed by atoms with E-state index in [0.29, 0.717) is 105 Å². The molecular formula is C102H92F2N30O3. The van der Waals surface area contributed by atoms with Gasteiger partial charge in [0.15, 0.2) is 22.6 Å². The first kappa shape index (κ1) is 85.2. The highest BCUT2D eigenvalue weighted by atomic mass is 19.1. The highest BCUT2D eigenvalue weighted by Crippen LogP contribution is 2.43. The Morgan fingerprint density at radius 1 is 0.307 bits per heavy atom. The van der Waals surface area contributed by atoms with Crippen LogP contribution in [0.3, 0.4) is 0 Å². The summed E-state index contributed by atoms with van der Waals surface area (Å²) in [6, 6.07) is 59.9. The van der Waals surface area contributed by atoms with Crippen LogP contribution in [0.4, 0.5) is 55.3 Å². The van der Waals surface area contributed by atoms with Gasteiger partial charge in [0, 0.05) is 142 Å². The van der Waals surface area contributed by atoms with Crippen molar-refractivity contribution in [3.8, 4) is 62.3 Å². The number of nitrogen functional groups attached to an aromatic ring is 4. The summed E-state index contributed by atoms with van der Waals surface area (Å²) in [6.07, 6.45) is 19.9. The Morgan fingerprint density at radius 2 is 0.657 bits per heavy atom. The van der Waals surface area contributed by atoms with Crippen LogP contribution >= 0.6 is 0 Å². The maximum atomic E-state index is 14.1. The van der Waals surface area contributed by atoms with Crippen LogP contribution in [0.5, 0.6) is 17.2 Å². The van der Waals surface area contributed by atoms with Gasteiger partial charge in [0.2, 0.25) is 0 Å². The molecule has 0 aliphatic carbocycles. The number of aromatic hydroxyl groups is 3. The lowest BCUT2D eigenvalue weighted by Crippen LogP contribution is -2.31. The average Bonchev–Trinajstić information content (AvgIpc) is 1.63. The molecule has 18 heterocycles. The molecule has 682 valence electrons. The van der Waals surface area contributed by atoms with Crippen LogP contribution in [-0.4, -0.2) is 177 Å². The number of phenolic OH excluding ortho intramolecular Hbond substituents is 3. The minimum Gasteiger partial charge on any atom is -0.508 e. The van der Waals surface area contributed by atoms with Gasteiger partial charge < -0.3 is 62.8 Å². The molecule has 0 bridgehead atoms. The number of piperidine rings is 1. The molecule has 4 fully saturated rings. The standard InChI is InChI=1S/C26H24FN7O.C26H23N9.C25H22FN7O.C25H23N7O/c27-19-11-17(12-20(35)13-19)23-22-24(28)29-15-30-26(22)34(32-23)14-18-10-16-6-2-3-7-21(16)31-25(18)33-8-4-1-5-9-33;27-23-21-22(18-12-17-7-8-28-24(17)29-13-18)33-35(26(21)31-15-30-23)14-19-11-16-5-1-2-6-20(16)32-25(19)34-9-3-4-10-34;26-17-7-8-20(34)18(12-17)22-21-23(27)28-14-29-25(21)33(31-22)13-16-11-15-5-1-2-6-19(15)30-24(16)32-9-3-4-10-32;26-23-21-22(18-8-2-4-10-20(18)33)30-32(25(21)28-15-27-23)14-17-13-16-7-1-3-9-19(16)29-24(17)31-11-5-6-12-31/h2-3,6-7,10-13,15,35H,1,4-5,8-9,14H2,(H2,28,29,30);1-2,5-8,11-13,15H,3-4,9-10,14H2,(H,28,29)(H2,27,30,31);1-2,5-8,11-12,14,34H,3-4,9-10,13H2,(H2,27,28,29);1-4,7-10,13,15,33H,5-6,11-12,14H2,(H2,26,27,28). The van der Waals surface area contributed by atoms with Gasteiger partial charge in [-0.2, -0.15) is 20.4 Å². The van der Waals surface area contributed by atoms with Crippen LogP contribution < -0.4 is 42.5 Å². The summed E-state index contributed by atoms with van der Waals surface area (Å²) in [4.78, 5) is 71.7. The van der Waals surface area contributed by atoms with Crippen molar-refractivity contribution in [2.45, 2.75) is 84.0 Å². The van der Waals surface area contributed by atoms with E-state index in [9.17, 15) is 24.1 Å². The van der Waals surface area contributed by atoms with Crippen molar-refractivity contribution in [1.82, 2.24) is 109 Å². The van der Waals surface area contributed by atoms with Crippen LogP contribution in [0.15, 0.2) is 232 Å². The number of pyridine rings is 5. The Hall–Kier alpha value is -17.3. The fourth-order valence-corrected chi connectivity index (χ4v) is 19.2. The summed E-state index contributed by atoms with van der Waals surface area (Å²) in [5, 5.41) is 57.9. The van der Waals surface area contributed by atoms with E-state index in [4.69, 9.17) is 63.3 Å². The SMILES string of the molecule is Nc1ncnc2c1c(-c1cc(F)ccc1O)nn2Cc1cc2ccccc2nc1N1CCCC1.Nc1ncnc2c1c(-c1cc(O)cc(F)c1)nn2Cc1cc2ccccc2nc1N1CCCCC1.Nc1ncnc2c1c(-c1ccccc1O)nn2Cc1cc2ccccc2nc1N1CCCC1.Nc1ncnc2c1c(-c1cnc3[nH]ccc3c1)nn2Cc1cc2ccccc2nc1N1CCCC1. The number of aromatic amines is 1. The first-order valence-corrected chi connectivity index (χ1v) is 45.7. The highest BCUT2D eigenvalue weighted by molar-refractivity contribution is 6.03. The number of nitrogens with two attached hydrogens (primary N) is 4. The monoisotopic (exact) mass is 1820 g/mol. The maximum Gasteiger partial charge on any atom is 0.164 e. The van der Waals surface area contributed by atoms with Crippen molar-refractivity contribution >= 4 is 145 Å². The van der Waals surface area contributed by atoms with Crippen molar-refractivity contribution in [3.63, 3.8) is 0 Å².